The summed E-state index contributed by atoms with van der Waals surface area (Å²) in [6.07, 6.45) is 0. The number of phenolic OH excluding ortho intramolecular Hbond substituents is 1. The number of methoxy groups -OCH3 is 1. The van der Waals surface area contributed by atoms with Crippen molar-refractivity contribution in [1.29, 1.82) is 0 Å². The molecule has 0 spiro atoms. The molecule has 0 bridgehead atoms. The molecule has 24 nitrogen and oxygen atoms in total. The molecule has 1 aliphatic rings. The molecule has 1 aliphatic heterocycles. The molecule has 0 aromatic heterocycles. The van der Waals surface area contributed by atoms with Crippen molar-refractivity contribution in [2.75, 3.05) is 12.1 Å². The standard InChI is InChI=1S/C35H25N9O15S2/c1-16-11-25(27(57-2)15-24(16)38-36-19-4-10-26(44(51)52)23(14-19)34(47)48)39-40-29-28(60-59-58-53)13-17-12-18(3-9-22(17)32(29)45)37-41-30-31(35(49)50)42-43(33(30)46)20-5-7-21(8-6-20)61(54,55)56/h3-15,30,45,53H,1-2H3,(H,47,48)(H,49,50)(H,54,55,56)/b38-36+,40-39+,41-37+. The maximum Gasteiger partial charge on any atom is 0.355 e. The molecular weight excluding hydrogens is 851 g/mol. The number of anilines is 1. The molecule has 5 aromatic rings. The Morgan fingerprint density at radius 3 is 2.23 bits per heavy atom. The van der Waals surface area contributed by atoms with Gasteiger partial charge in [-0.2, -0.15) is 39.0 Å². The molecule has 5 aromatic carbocycles. The van der Waals surface area contributed by atoms with Crippen molar-refractivity contribution in [1.82, 2.24) is 0 Å². The van der Waals surface area contributed by atoms with Gasteiger partial charge in [0, 0.05) is 17.5 Å². The summed E-state index contributed by atoms with van der Waals surface area (Å²) in [7, 11) is -3.21. The lowest BCUT2D eigenvalue weighted by Crippen LogP contribution is -2.33. The van der Waals surface area contributed by atoms with Crippen molar-refractivity contribution in [2.24, 2.45) is 35.8 Å². The van der Waals surface area contributed by atoms with Gasteiger partial charge in [-0.15, -0.1) is 14.6 Å². The molecule has 61 heavy (non-hydrogen) atoms. The zero-order valence-corrected chi connectivity index (χ0v) is 32.4. The number of aromatic carboxylic acids is 1. The van der Waals surface area contributed by atoms with Crippen LogP contribution in [0.15, 0.2) is 124 Å². The number of ether oxygens (including phenoxy) is 1. The number of phenols is 1. The van der Waals surface area contributed by atoms with Crippen LogP contribution in [0, 0.1) is 17.0 Å². The lowest BCUT2D eigenvalue weighted by atomic mass is 10.1. The van der Waals surface area contributed by atoms with Crippen molar-refractivity contribution in [3.05, 3.63) is 100 Å². The number of hydrogen-bond donors (Lipinski definition) is 5. The fraction of sp³-hybridized carbons (Fsp3) is 0.0857. The molecule has 0 aliphatic carbocycles. The number of aliphatic carboxylic acids is 1. The van der Waals surface area contributed by atoms with Gasteiger partial charge in [-0.05, 0) is 84.6 Å². The third kappa shape index (κ3) is 9.33. The van der Waals surface area contributed by atoms with Gasteiger partial charge in [0.15, 0.2) is 11.5 Å². The van der Waals surface area contributed by atoms with Crippen molar-refractivity contribution >= 4 is 96.3 Å². The first-order chi connectivity index (χ1) is 29.0. The molecule has 1 unspecified atom stereocenters. The zero-order valence-electron chi connectivity index (χ0n) is 30.7. The number of benzene rings is 5. The molecule has 6 rings (SSSR count). The van der Waals surface area contributed by atoms with E-state index < -0.39 is 66.5 Å². The SMILES string of the molecule is COc1cc(/N=N/c2ccc([N+](=O)[O-])c(C(=O)O)c2)c(C)cc1/N=N/c1c(SOOO)cc2cc(/N=N/C3C(=O)N(c4ccc(S(=O)(=O)O)cc4)N=C3C(=O)O)ccc2c1O. The van der Waals surface area contributed by atoms with Crippen LogP contribution in [0.5, 0.6) is 11.5 Å². The summed E-state index contributed by atoms with van der Waals surface area (Å²) in [5, 5.41) is 83.7. The highest BCUT2D eigenvalue weighted by Gasteiger charge is 2.41. The van der Waals surface area contributed by atoms with Crippen LogP contribution < -0.4 is 9.75 Å². The summed E-state index contributed by atoms with van der Waals surface area (Å²) < 4.78 is 42.1. The van der Waals surface area contributed by atoms with Gasteiger partial charge in [0.25, 0.3) is 21.7 Å². The molecule has 0 radical (unpaired) electrons. The van der Waals surface area contributed by atoms with Crippen LogP contribution in [0.2, 0.25) is 0 Å². The van der Waals surface area contributed by atoms with Crippen LogP contribution in [0.3, 0.4) is 0 Å². The van der Waals surface area contributed by atoms with Crippen LogP contribution in [0.25, 0.3) is 10.8 Å². The number of amides is 1. The van der Waals surface area contributed by atoms with Crippen molar-refractivity contribution in [3.8, 4) is 11.5 Å². The van der Waals surface area contributed by atoms with Gasteiger partial charge in [0.1, 0.15) is 22.7 Å². The van der Waals surface area contributed by atoms with E-state index in [2.05, 4.69) is 45.2 Å². The van der Waals surface area contributed by atoms with Gasteiger partial charge in [-0.1, -0.05) is 5.04 Å². The number of azo groups is 3. The molecule has 0 saturated heterocycles. The Hall–Kier alpha value is -7.62. The Morgan fingerprint density at radius 2 is 1.59 bits per heavy atom. The van der Waals surface area contributed by atoms with E-state index in [4.69, 9.17) is 9.99 Å². The Bertz CT molecular complexity index is 2870. The molecule has 26 heteroatoms. The minimum atomic E-state index is -4.54. The predicted octanol–water partition coefficient (Wildman–Crippen LogP) is 7.91. The van der Waals surface area contributed by atoms with Gasteiger partial charge in [0.2, 0.25) is 6.04 Å². The maximum atomic E-state index is 13.2. The minimum Gasteiger partial charge on any atom is -0.505 e. The average Bonchev–Trinajstić information content (AvgIpc) is 3.56. The Labute approximate surface area is 344 Å². The van der Waals surface area contributed by atoms with Crippen molar-refractivity contribution in [3.63, 3.8) is 0 Å². The molecule has 1 amide bonds. The van der Waals surface area contributed by atoms with E-state index >= 15 is 0 Å². The number of carboxylic acids is 2. The first kappa shape index (κ1) is 43.0. The van der Waals surface area contributed by atoms with Crippen LogP contribution in [0.4, 0.5) is 39.8 Å². The quantitative estimate of drug-likeness (QED) is 0.0166. The van der Waals surface area contributed by atoms with Crippen LogP contribution in [-0.4, -0.2) is 75.2 Å². The van der Waals surface area contributed by atoms with Gasteiger partial charge in [0.05, 0.1) is 56.6 Å². The Kier molecular flexibility index (Phi) is 12.5. The van der Waals surface area contributed by atoms with E-state index in [1.165, 1.54) is 49.6 Å². The monoisotopic (exact) mass is 875 g/mol. The summed E-state index contributed by atoms with van der Waals surface area (Å²) in [4.78, 5) is 46.7. The number of aromatic hydroxyl groups is 1. The fourth-order valence-electron chi connectivity index (χ4n) is 5.53. The smallest absolute Gasteiger partial charge is 0.355 e. The van der Waals surface area contributed by atoms with Gasteiger partial charge >= 0.3 is 11.9 Å². The number of carbonyl (C=O) groups is 3. The number of fused-ring (bicyclic) bond motifs is 1. The normalized spacial score (nSPS) is 14.4. The number of nitrogens with zero attached hydrogens (tertiary/aromatic N) is 9. The van der Waals surface area contributed by atoms with Crippen LogP contribution in [0.1, 0.15) is 15.9 Å². The van der Waals surface area contributed by atoms with E-state index in [-0.39, 0.29) is 55.5 Å². The molecule has 5 N–H and O–H groups in total. The topological polar surface area (TPSA) is 347 Å². The highest BCUT2D eigenvalue weighted by molar-refractivity contribution is 7.94. The lowest BCUT2D eigenvalue weighted by molar-refractivity contribution is -0.432. The van der Waals surface area contributed by atoms with E-state index in [1.54, 1.807) is 6.92 Å². The first-order valence-corrected chi connectivity index (χ1v) is 18.8. The second kappa shape index (κ2) is 17.7. The number of nitro groups is 1. The third-order valence-corrected chi connectivity index (χ3v) is 9.91. The van der Waals surface area contributed by atoms with E-state index in [9.17, 15) is 52.8 Å². The van der Waals surface area contributed by atoms with E-state index in [1.807, 2.05) is 0 Å². The lowest BCUT2D eigenvalue weighted by Gasteiger charge is -2.12. The number of carboxylic acid groups (broad SMARTS) is 2. The number of carbonyl (C=O) groups excluding carboxylic acids is 1. The molecule has 312 valence electrons. The maximum absolute atomic E-state index is 13.2. The molecular formula is C35H25N9O15S2. The van der Waals surface area contributed by atoms with Crippen molar-refractivity contribution < 1.29 is 67.0 Å². The summed E-state index contributed by atoms with van der Waals surface area (Å²) in [5.41, 5.74) is -1.07. The van der Waals surface area contributed by atoms with Gasteiger partial charge < -0.3 is 20.1 Å². The van der Waals surface area contributed by atoms with Crippen LogP contribution >= 0.6 is 12.0 Å². The number of hydrogen-bond acceptors (Lipinski definition) is 20. The predicted molar refractivity (Wildman–Crippen MR) is 210 cm³/mol. The third-order valence-electron chi connectivity index (χ3n) is 8.42. The largest absolute Gasteiger partial charge is 0.505 e. The van der Waals surface area contributed by atoms with Crippen molar-refractivity contribution in [2.45, 2.75) is 22.8 Å². The summed E-state index contributed by atoms with van der Waals surface area (Å²) in [5.74, 6) is -4.34. The average molecular weight is 876 g/mol. The molecule has 0 fully saturated rings. The summed E-state index contributed by atoms with van der Waals surface area (Å²) in [6, 6.07) is 14.4. The van der Waals surface area contributed by atoms with E-state index in [0.717, 1.165) is 36.4 Å². The van der Waals surface area contributed by atoms with Crippen LogP contribution in [-0.2, 0) is 29.1 Å². The fourth-order valence-corrected chi connectivity index (χ4v) is 6.51. The highest BCUT2D eigenvalue weighted by atomic mass is 32.2. The number of rotatable bonds is 15. The first-order valence-electron chi connectivity index (χ1n) is 16.6. The molecule has 0 saturated carbocycles. The van der Waals surface area contributed by atoms with E-state index in [0.29, 0.717) is 22.6 Å². The summed E-state index contributed by atoms with van der Waals surface area (Å²) >= 11 is 0.429. The second-order valence-electron chi connectivity index (χ2n) is 12.2. The number of aryl methyl sites for hydroxylation is 1. The Morgan fingerprint density at radius 1 is 0.902 bits per heavy atom. The number of hydrazone groups is 1. The van der Waals surface area contributed by atoms with Gasteiger partial charge in [-0.25, -0.2) is 14.8 Å². The Balaban J connectivity index is 1.28. The number of nitro benzene ring substituents is 1. The summed E-state index contributed by atoms with van der Waals surface area (Å²) in [6.45, 7) is 1.64. The zero-order chi connectivity index (χ0) is 44.2. The molecule has 1 atom stereocenters. The highest BCUT2D eigenvalue weighted by Crippen LogP contribution is 2.46. The second-order valence-corrected chi connectivity index (χ2v) is 14.4. The van der Waals surface area contributed by atoms with Gasteiger partial charge in [-0.3, -0.25) is 19.5 Å². The minimum absolute atomic E-state index is 0.0185. The molecule has 1 heterocycles.